The van der Waals surface area contributed by atoms with Crippen molar-refractivity contribution in [2.45, 2.75) is 36.4 Å². The lowest BCUT2D eigenvalue weighted by atomic mass is 10.2. The van der Waals surface area contributed by atoms with Crippen molar-refractivity contribution in [3.05, 3.63) is 74.0 Å². The maximum atomic E-state index is 13.1. The summed E-state index contributed by atoms with van der Waals surface area (Å²) in [6.07, 6.45) is 0. The second-order valence-electron chi connectivity index (χ2n) is 6.61. The number of thiophene rings is 1. The van der Waals surface area contributed by atoms with Gasteiger partial charge in [-0.05, 0) is 56.2 Å². The number of sulfone groups is 1. The van der Waals surface area contributed by atoms with Gasteiger partial charge in [-0.3, -0.25) is 9.59 Å². The van der Waals surface area contributed by atoms with Crippen LogP contribution in [0.1, 0.15) is 16.8 Å². The van der Waals surface area contributed by atoms with Gasteiger partial charge in [0, 0.05) is 11.4 Å². The highest BCUT2D eigenvalue weighted by Gasteiger charge is 2.27. The second kappa shape index (κ2) is 8.14. The Labute approximate surface area is 177 Å². The summed E-state index contributed by atoms with van der Waals surface area (Å²) in [5.41, 5.74) is 1.61. The highest BCUT2D eigenvalue weighted by molar-refractivity contribution is 7.93. The van der Waals surface area contributed by atoms with Gasteiger partial charge in [-0.25, -0.2) is 8.42 Å². The predicted octanol–water partition coefficient (Wildman–Crippen LogP) is 3.96. The van der Waals surface area contributed by atoms with Gasteiger partial charge in [0.2, 0.25) is 15.7 Å². The normalized spacial score (nSPS) is 11.4. The molecule has 1 amide bonds. The van der Waals surface area contributed by atoms with Crippen molar-refractivity contribution in [1.82, 2.24) is 4.57 Å². The van der Waals surface area contributed by atoms with E-state index >= 15 is 0 Å². The number of nitrogens with zero attached hydrogens (tertiary/aromatic N) is 1. The first-order chi connectivity index (χ1) is 13.6. The fourth-order valence-electron chi connectivity index (χ4n) is 3.02. The third-order valence-electron chi connectivity index (χ3n) is 4.45. The van der Waals surface area contributed by atoms with Crippen LogP contribution in [0.5, 0.6) is 0 Å². The lowest BCUT2D eigenvalue weighted by Gasteiger charge is -2.15. The molecule has 0 atom stereocenters. The van der Waals surface area contributed by atoms with E-state index in [2.05, 4.69) is 5.32 Å². The van der Waals surface area contributed by atoms with Crippen LogP contribution in [0.25, 0.3) is 0 Å². The Hall–Kier alpha value is -2.42. The molecule has 0 aliphatic heterocycles. The van der Waals surface area contributed by atoms with Crippen LogP contribution >= 0.6 is 22.9 Å². The molecular formula is C20H19ClN2O4S2. The number of halogens is 1. The number of hydrogen-bond acceptors (Lipinski definition) is 5. The molecule has 3 aromatic rings. The number of amides is 1. The molecule has 0 aliphatic carbocycles. The van der Waals surface area contributed by atoms with E-state index in [1.807, 2.05) is 19.1 Å². The third-order valence-corrected chi connectivity index (χ3v) is 8.09. The molecule has 1 N–H and O–H groups in total. The molecule has 0 saturated heterocycles. The third kappa shape index (κ3) is 4.29. The first kappa shape index (κ1) is 21.3. The summed E-state index contributed by atoms with van der Waals surface area (Å²) in [6.45, 7) is 4.78. The Morgan fingerprint density at radius 1 is 1.10 bits per heavy atom. The Bertz CT molecular complexity index is 1260. The molecule has 9 heteroatoms. The van der Waals surface area contributed by atoms with Crippen molar-refractivity contribution in [3.63, 3.8) is 0 Å². The predicted molar refractivity (Wildman–Crippen MR) is 115 cm³/mol. The Morgan fingerprint density at radius 2 is 1.79 bits per heavy atom. The van der Waals surface area contributed by atoms with Crippen LogP contribution in [0.15, 0.2) is 56.4 Å². The standard InChI is InChI=1S/C20H19ClN2O4S2/c1-12-6-4-5-7-15(12)22-17(24)11-23-14(3)10-13(2)19(20(23)25)29(26,27)18-9-8-16(21)28-18/h4-10H,11H2,1-3H3,(H,22,24). The van der Waals surface area contributed by atoms with Crippen molar-refractivity contribution < 1.29 is 13.2 Å². The quantitative estimate of drug-likeness (QED) is 0.637. The van der Waals surface area contributed by atoms with Gasteiger partial charge in [0.1, 0.15) is 15.6 Å². The van der Waals surface area contributed by atoms with Gasteiger partial charge in [0.25, 0.3) is 5.56 Å². The minimum absolute atomic E-state index is 0.0116. The molecule has 29 heavy (non-hydrogen) atoms. The van der Waals surface area contributed by atoms with Gasteiger partial charge in [0.15, 0.2) is 0 Å². The number of benzene rings is 1. The zero-order valence-corrected chi connectivity index (χ0v) is 18.4. The van der Waals surface area contributed by atoms with Crippen LogP contribution in [0, 0.1) is 20.8 Å². The summed E-state index contributed by atoms with van der Waals surface area (Å²) < 4.78 is 27.5. The molecule has 3 rings (SSSR count). The van der Waals surface area contributed by atoms with E-state index in [0.29, 0.717) is 21.3 Å². The number of rotatable bonds is 5. The Kier molecular flexibility index (Phi) is 5.97. The van der Waals surface area contributed by atoms with Crippen molar-refractivity contribution in [2.24, 2.45) is 0 Å². The highest BCUT2D eigenvalue weighted by Crippen LogP contribution is 2.30. The van der Waals surface area contributed by atoms with Crippen LogP contribution in [-0.4, -0.2) is 18.9 Å². The maximum Gasteiger partial charge on any atom is 0.270 e. The van der Waals surface area contributed by atoms with E-state index in [4.69, 9.17) is 11.6 Å². The van der Waals surface area contributed by atoms with E-state index < -0.39 is 21.3 Å². The first-order valence-electron chi connectivity index (χ1n) is 8.68. The molecule has 0 spiro atoms. The van der Waals surface area contributed by atoms with Gasteiger partial charge in [-0.2, -0.15) is 0 Å². The number of nitrogens with one attached hydrogen (secondary N) is 1. The molecule has 6 nitrogen and oxygen atoms in total. The molecule has 0 radical (unpaired) electrons. The first-order valence-corrected chi connectivity index (χ1v) is 11.4. The average molecular weight is 451 g/mol. The maximum absolute atomic E-state index is 13.1. The molecule has 0 unspecified atom stereocenters. The summed E-state index contributed by atoms with van der Waals surface area (Å²) >= 11 is 6.75. The highest BCUT2D eigenvalue weighted by atomic mass is 35.5. The molecule has 2 heterocycles. The van der Waals surface area contributed by atoms with Gasteiger partial charge >= 0.3 is 0 Å². The van der Waals surface area contributed by atoms with Crippen LogP contribution in [0.3, 0.4) is 0 Å². The summed E-state index contributed by atoms with van der Waals surface area (Å²) in [5, 5.41) is 2.76. The van der Waals surface area contributed by atoms with E-state index in [1.165, 1.54) is 16.7 Å². The summed E-state index contributed by atoms with van der Waals surface area (Å²) in [6, 6.07) is 11.7. The zero-order chi connectivity index (χ0) is 21.3. The summed E-state index contributed by atoms with van der Waals surface area (Å²) in [5.74, 6) is -0.420. The molecule has 1 aromatic carbocycles. The summed E-state index contributed by atoms with van der Waals surface area (Å²) in [4.78, 5) is 25.2. The van der Waals surface area contributed by atoms with E-state index in [0.717, 1.165) is 16.9 Å². The van der Waals surface area contributed by atoms with Crippen molar-refractivity contribution in [3.8, 4) is 0 Å². The topological polar surface area (TPSA) is 85.2 Å². The molecule has 152 valence electrons. The Morgan fingerprint density at radius 3 is 2.41 bits per heavy atom. The lowest BCUT2D eigenvalue weighted by Crippen LogP contribution is -2.33. The smallest absolute Gasteiger partial charge is 0.270 e. The van der Waals surface area contributed by atoms with E-state index in [1.54, 1.807) is 32.0 Å². The SMILES string of the molecule is Cc1ccccc1NC(=O)Cn1c(C)cc(C)c(S(=O)(=O)c2ccc(Cl)s2)c1=O. The molecule has 2 aromatic heterocycles. The van der Waals surface area contributed by atoms with E-state index in [-0.39, 0.29) is 15.6 Å². The monoisotopic (exact) mass is 450 g/mol. The van der Waals surface area contributed by atoms with Crippen molar-refractivity contribution >= 4 is 44.4 Å². The van der Waals surface area contributed by atoms with Gasteiger partial charge in [0.05, 0.1) is 4.34 Å². The van der Waals surface area contributed by atoms with Crippen molar-refractivity contribution in [1.29, 1.82) is 0 Å². The van der Waals surface area contributed by atoms with Gasteiger partial charge in [-0.1, -0.05) is 29.8 Å². The summed E-state index contributed by atoms with van der Waals surface area (Å²) in [7, 11) is -4.05. The largest absolute Gasteiger partial charge is 0.324 e. The minimum atomic E-state index is -4.05. The number of anilines is 1. The molecule has 0 aliphatic rings. The van der Waals surface area contributed by atoms with E-state index in [9.17, 15) is 18.0 Å². The Balaban J connectivity index is 2.01. The zero-order valence-electron chi connectivity index (χ0n) is 16.0. The number of pyridine rings is 1. The van der Waals surface area contributed by atoms with Crippen LogP contribution < -0.4 is 10.9 Å². The fraction of sp³-hybridized carbons (Fsp3) is 0.200. The number of aromatic nitrogens is 1. The fourth-order valence-corrected chi connectivity index (χ4v) is 6.16. The average Bonchev–Trinajstić information content (AvgIpc) is 3.07. The molecule has 0 saturated carbocycles. The second-order valence-corrected chi connectivity index (χ2v) is 10.4. The molecular weight excluding hydrogens is 432 g/mol. The number of aryl methyl sites for hydroxylation is 3. The molecule has 0 bridgehead atoms. The lowest BCUT2D eigenvalue weighted by molar-refractivity contribution is -0.116. The van der Waals surface area contributed by atoms with Gasteiger partial charge in [-0.15, -0.1) is 11.3 Å². The van der Waals surface area contributed by atoms with Crippen molar-refractivity contribution in [2.75, 3.05) is 5.32 Å². The molecule has 0 fully saturated rings. The van der Waals surface area contributed by atoms with Crippen LogP contribution in [-0.2, 0) is 21.2 Å². The van der Waals surface area contributed by atoms with Crippen LogP contribution in [0.4, 0.5) is 5.69 Å². The number of carbonyl (C=O) groups excluding carboxylic acids is 1. The number of carbonyl (C=O) groups is 1. The van der Waals surface area contributed by atoms with Gasteiger partial charge < -0.3 is 9.88 Å². The minimum Gasteiger partial charge on any atom is -0.324 e. The number of para-hydroxylation sites is 1. The van der Waals surface area contributed by atoms with Crippen LogP contribution in [0.2, 0.25) is 4.34 Å². The number of hydrogen-bond donors (Lipinski definition) is 1.